The summed E-state index contributed by atoms with van der Waals surface area (Å²) in [5.41, 5.74) is 0.787. The molecule has 2 saturated heterocycles. The summed E-state index contributed by atoms with van der Waals surface area (Å²) in [5.74, 6) is 0.665. The van der Waals surface area contributed by atoms with Gasteiger partial charge in [-0.3, -0.25) is 4.79 Å². The Balaban J connectivity index is 1.23. The molecule has 2 fully saturated rings. The number of aromatic nitrogens is 2. The first-order chi connectivity index (χ1) is 15.0. The van der Waals surface area contributed by atoms with Gasteiger partial charge in [0.25, 0.3) is 0 Å². The molecule has 31 heavy (non-hydrogen) atoms. The van der Waals surface area contributed by atoms with Crippen molar-refractivity contribution in [2.45, 2.75) is 37.5 Å². The molecule has 0 radical (unpaired) electrons. The van der Waals surface area contributed by atoms with E-state index in [0.717, 1.165) is 37.4 Å². The van der Waals surface area contributed by atoms with Crippen LogP contribution in [0, 0.1) is 5.92 Å². The van der Waals surface area contributed by atoms with Crippen molar-refractivity contribution >= 4 is 21.9 Å². The molecule has 0 saturated carbocycles. The Morgan fingerprint density at radius 1 is 0.935 bits per heavy atom. The number of carbonyl (C=O) groups excluding carboxylic acids is 1. The van der Waals surface area contributed by atoms with Gasteiger partial charge in [-0.1, -0.05) is 30.3 Å². The van der Waals surface area contributed by atoms with Crippen LogP contribution < -0.4 is 10.2 Å². The van der Waals surface area contributed by atoms with Crippen LogP contribution in [0.4, 0.5) is 5.95 Å². The van der Waals surface area contributed by atoms with Gasteiger partial charge < -0.3 is 10.2 Å². The summed E-state index contributed by atoms with van der Waals surface area (Å²) in [6, 6.07) is 11.2. The molecule has 0 spiro atoms. The van der Waals surface area contributed by atoms with Crippen molar-refractivity contribution < 1.29 is 13.2 Å². The molecule has 3 heterocycles. The number of nitrogens with one attached hydrogen (secondary N) is 1. The van der Waals surface area contributed by atoms with E-state index >= 15 is 0 Å². The van der Waals surface area contributed by atoms with Gasteiger partial charge in [0.2, 0.25) is 21.9 Å². The van der Waals surface area contributed by atoms with Crippen LogP contribution in [0.15, 0.2) is 48.8 Å². The summed E-state index contributed by atoms with van der Waals surface area (Å²) in [4.78, 5) is 23.5. The first-order valence-electron chi connectivity index (χ1n) is 10.9. The van der Waals surface area contributed by atoms with Crippen LogP contribution in [0.1, 0.15) is 31.2 Å². The number of hydrogen-bond donors (Lipinski definition) is 1. The van der Waals surface area contributed by atoms with E-state index in [9.17, 15) is 13.2 Å². The van der Waals surface area contributed by atoms with E-state index in [0.29, 0.717) is 25.9 Å². The first-order valence-corrected chi connectivity index (χ1v) is 12.5. The summed E-state index contributed by atoms with van der Waals surface area (Å²) in [7, 11) is -3.36. The fraction of sp³-hybridized carbons (Fsp3) is 0.500. The maximum Gasteiger partial charge on any atom is 0.225 e. The number of rotatable bonds is 6. The summed E-state index contributed by atoms with van der Waals surface area (Å²) < 4.78 is 26.9. The zero-order valence-corrected chi connectivity index (χ0v) is 18.4. The smallest absolute Gasteiger partial charge is 0.225 e. The third-order valence-electron chi connectivity index (χ3n) is 6.09. The zero-order chi connectivity index (χ0) is 21.7. The van der Waals surface area contributed by atoms with Crippen molar-refractivity contribution in [2.75, 3.05) is 31.1 Å². The third-order valence-corrected chi connectivity index (χ3v) is 7.94. The van der Waals surface area contributed by atoms with Gasteiger partial charge in [-0.15, -0.1) is 0 Å². The fourth-order valence-electron chi connectivity index (χ4n) is 4.27. The van der Waals surface area contributed by atoms with Crippen LogP contribution in [0.25, 0.3) is 0 Å². The predicted octanol–water partition coefficient (Wildman–Crippen LogP) is 1.80. The molecular formula is C22H29N5O3S. The van der Waals surface area contributed by atoms with E-state index < -0.39 is 10.0 Å². The van der Waals surface area contributed by atoms with E-state index in [2.05, 4.69) is 20.2 Å². The molecule has 2 aliphatic heterocycles. The van der Waals surface area contributed by atoms with Gasteiger partial charge in [0.05, 0.1) is 5.75 Å². The lowest BCUT2D eigenvalue weighted by molar-refractivity contribution is -0.127. The SMILES string of the molecule is O=C(NC1CCN(c2ncccn2)CC1)C1CCN(S(=O)(=O)Cc2ccccc2)CC1. The van der Waals surface area contributed by atoms with Gasteiger partial charge in [0.15, 0.2) is 0 Å². The molecule has 4 rings (SSSR count). The molecular weight excluding hydrogens is 414 g/mol. The van der Waals surface area contributed by atoms with Crippen molar-refractivity contribution in [3.63, 3.8) is 0 Å². The highest BCUT2D eigenvalue weighted by atomic mass is 32.2. The molecule has 1 aromatic carbocycles. The fourth-order valence-corrected chi connectivity index (χ4v) is 5.83. The monoisotopic (exact) mass is 443 g/mol. The number of nitrogens with zero attached hydrogens (tertiary/aromatic N) is 4. The molecule has 1 aromatic heterocycles. The number of hydrogen-bond acceptors (Lipinski definition) is 6. The Morgan fingerprint density at radius 3 is 2.23 bits per heavy atom. The number of sulfonamides is 1. The van der Waals surface area contributed by atoms with Gasteiger partial charge in [-0.25, -0.2) is 22.7 Å². The Bertz CT molecular complexity index is 955. The summed E-state index contributed by atoms with van der Waals surface area (Å²) in [6.45, 7) is 2.42. The highest BCUT2D eigenvalue weighted by molar-refractivity contribution is 7.88. The van der Waals surface area contributed by atoms with Crippen LogP contribution in [0.3, 0.4) is 0 Å². The Hall–Kier alpha value is -2.52. The molecule has 8 nitrogen and oxygen atoms in total. The number of piperidine rings is 2. The standard InChI is InChI=1S/C22H29N5O3S/c28-21(25-20-9-13-26(14-10-20)22-23-11-4-12-24-22)19-7-15-27(16-8-19)31(29,30)17-18-5-2-1-3-6-18/h1-6,11-12,19-20H,7-10,13-17H2,(H,25,28). The number of carbonyl (C=O) groups is 1. The topological polar surface area (TPSA) is 95.5 Å². The van der Waals surface area contributed by atoms with Crippen LogP contribution >= 0.6 is 0 Å². The minimum absolute atomic E-state index is 0.00834. The maximum absolute atomic E-state index is 12.7. The molecule has 1 amide bonds. The first kappa shape index (κ1) is 21.7. The van der Waals surface area contributed by atoms with Crippen LogP contribution in [-0.2, 0) is 20.6 Å². The summed E-state index contributed by atoms with van der Waals surface area (Å²) in [6.07, 6.45) is 6.32. The average molecular weight is 444 g/mol. The lowest BCUT2D eigenvalue weighted by Gasteiger charge is -2.34. The summed E-state index contributed by atoms with van der Waals surface area (Å²) >= 11 is 0. The zero-order valence-electron chi connectivity index (χ0n) is 17.6. The van der Waals surface area contributed by atoms with Gasteiger partial charge in [-0.05, 0) is 37.3 Å². The molecule has 0 unspecified atom stereocenters. The lowest BCUT2D eigenvalue weighted by Crippen LogP contribution is -2.49. The normalized spacial score (nSPS) is 19.3. The van der Waals surface area contributed by atoms with E-state index in [4.69, 9.17) is 0 Å². The molecule has 0 aliphatic carbocycles. The molecule has 0 atom stereocenters. The van der Waals surface area contributed by atoms with Crippen molar-refractivity contribution in [3.05, 3.63) is 54.4 Å². The summed E-state index contributed by atoms with van der Waals surface area (Å²) in [5, 5.41) is 3.18. The second-order valence-electron chi connectivity index (χ2n) is 8.23. The van der Waals surface area contributed by atoms with Crippen LogP contribution in [0.5, 0.6) is 0 Å². The average Bonchev–Trinajstić information content (AvgIpc) is 2.80. The molecule has 2 aliphatic rings. The van der Waals surface area contributed by atoms with Gasteiger partial charge in [-0.2, -0.15) is 0 Å². The number of anilines is 1. The van der Waals surface area contributed by atoms with Crippen molar-refractivity contribution in [1.29, 1.82) is 0 Å². The highest BCUT2D eigenvalue weighted by Crippen LogP contribution is 2.23. The second-order valence-corrected chi connectivity index (χ2v) is 10.2. The van der Waals surface area contributed by atoms with Gasteiger partial charge in [0, 0.05) is 50.5 Å². The molecule has 0 bridgehead atoms. The molecule has 9 heteroatoms. The molecule has 166 valence electrons. The van der Waals surface area contributed by atoms with Gasteiger partial charge >= 0.3 is 0 Å². The largest absolute Gasteiger partial charge is 0.353 e. The Kier molecular flexibility index (Phi) is 6.82. The minimum atomic E-state index is -3.36. The van der Waals surface area contributed by atoms with E-state index in [1.165, 1.54) is 4.31 Å². The molecule has 2 aromatic rings. The maximum atomic E-state index is 12.7. The Labute approximate surface area is 183 Å². The van der Waals surface area contributed by atoms with Crippen molar-refractivity contribution in [3.8, 4) is 0 Å². The Morgan fingerprint density at radius 2 is 1.58 bits per heavy atom. The van der Waals surface area contributed by atoms with E-state index in [-0.39, 0.29) is 23.6 Å². The highest BCUT2D eigenvalue weighted by Gasteiger charge is 2.32. The lowest BCUT2D eigenvalue weighted by atomic mass is 9.96. The van der Waals surface area contributed by atoms with Crippen molar-refractivity contribution in [2.24, 2.45) is 5.92 Å². The van der Waals surface area contributed by atoms with Crippen LogP contribution in [0.2, 0.25) is 0 Å². The predicted molar refractivity (Wildman–Crippen MR) is 119 cm³/mol. The van der Waals surface area contributed by atoms with E-state index in [1.807, 2.05) is 30.3 Å². The number of benzene rings is 1. The van der Waals surface area contributed by atoms with Crippen molar-refractivity contribution in [1.82, 2.24) is 19.6 Å². The van der Waals surface area contributed by atoms with E-state index in [1.54, 1.807) is 18.5 Å². The third kappa shape index (κ3) is 5.59. The van der Waals surface area contributed by atoms with Crippen LogP contribution in [-0.4, -0.2) is 60.8 Å². The minimum Gasteiger partial charge on any atom is -0.353 e. The quantitative estimate of drug-likeness (QED) is 0.732. The van der Waals surface area contributed by atoms with Gasteiger partial charge in [0.1, 0.15) is 0 Å². The number of amides is 1. The molecule has 1 N–H and O–H groups in total. The second kappa shape index (κ2) is 9.74.